The summed E-state index contributed by atoms with van der Waals surface area (Å²) in [5, 5.41) is 18.4. The molecule has 0 aromatic carbocycles. The molecule has 0 radical (unpaired) electrons. The van der Waals surface area contributed by atoms with Crippen LogP contribution in [0.25, 0.3) is 0 Å². The first-order chi connectivity index (χ1) is 5.88. The van der Waals surface area contributed by atoms with Gasteiger partial charge in [-0.1, -0.05) is 20.8 Å². The average Bonchev–Trinajstić information content (AvgIpc) is 2.14. The Balaban J connectivity index is 5.03. The second-order valence-corrected chi connectivity index (χ2v) is 4.06. The van der Waals surface area contributed by atoms with Crippen LogP contribution in [0.3, 0.4) is 0 Å². The third-order valence-electron chi connectivity index (χ3n) is 3.64. The number of rotatable bonds is 5. The molecular weight excluding hydrogens is 168 g/mol. The fraction of sp³-hybridized carbons (Fsp3) is 0.900. The quantitative estimate of drug-likeness (QED) is 0.692. The van der Waals surface area contributed by atoms with Gasteiger partial charge < -0.3 is 10.2 Å². The van der Waals surface area contributed by atoms with Crippen molar-refractivity contribution in [3.8, 4) is 0 Å². The molecule has 0 aromatic heterocycles. The van der Waals surface area contributed by atoms with Gasteiger partial charge in [0.05, 0.1) is 5.41 Å². The van der Waals surface area contributed by atoms with Crippen LogP contribution in [0.4, 0.5) is 0 Å². The van der Waals surface area contributed by atoms with E-state index in [0.717, 1.165) is 0 Å². The van der Waals surface area contributed by atoms with Gasteiger partial charge in [-0.15, -0.1) is 0 Å². The van der Waals surface area contributed by atoms with Gasteiger partial charge in [0, 0.05) is 12.0 Å². The van der Waals surface area contributed by atoms with Crippen LogP contribution in [0.15, 0.2) is 0 Å². The average molecular weight is 188 g/mol. The van der Waals surface area contributed by atoms with E-state index >= 15 is 0 Å². The number of aliphatic carboxylic acids is 1. The SMILES string of the molecule is CCC(C)(CO)C(C)(CC)C(=O)O. The van der Waals surface area contributed by atoms with Crippen LogP contribution >= 0.6 is 0 Å². The Hall–Kier alpha value is -0.570. The maximum absolute atomic E-state index is 11.1. The van der Waals surface area contributed by atoms with Crippen molar-refractivity contribution in [3.63, 3.8) is 0 Å². The topological polar surface area (TPSA) is 57.5 Å². The number of aliphatic hydroxyl groups is 1. The Morgan fingerprint density at radius 3 is 1.77 bits per heavy atom. The number of hydrogen-bond acceptors (Lipinski definition) is 2. The Morgan fingerprint density at radius 1 is 1.23 bits per heavy atom. The summed E-state index contributed by atoms with van der Waals surface area (Å²) in [6, 6.07) is 0. The first-order valence-electron chi connectivity index (χ1n) is 4.72. The molecule has 0 heterocycles. The van der Waals surface area contributed by atoms with E-state index in [2.05, 4.69) is 0 Å². The molecule has 0 aliphatic rings. The zero-order valence-corrected chi connectivity index (χ0v) is 8.92. The molecular formula is C10H20O3. The predicted octanol–water partition coefficient (Wildman–Crippen LogP) is 1.90. The maximum Gasteiger partial charge on any atom is 0.309 e. The van der Waals surface area contributed by atoms with Crippen molar-refractivity contribution in [1.29, 1.82) is 0 Å². The van der Waals surface area contributed by atoms with E-state index in [1.807, 2.05) is 20.8 Å². The largest absolute Gasteiger partial charge is 0.481 e. The summed E-state index contributed by atoms with van der Waals surface area (Å²) in [6.45, 7) is 7.20. The summed E-state index contributed by atoms with van der Waals surface area (Å²) in [5.41, 5.74) is -1.37. The van der Waals surface area contributed by atoms with Gasteiger partial charge in [-0.05, 0) is 19.8 Å². The van der Waals surface area contributed by atoms with Crippen molar-refractivity contribution in [3.05, 3.63) is 0 Å². The third kappa shape index (κ3) is 1.85. The van der Waals surface area contributed by atoms with E-state index in [0.29, 0.717) is 12.8 Å². The number of hydrogen-bond donors (Lipinski definition) is 2. The normalized spacial score (nSPS) is 20.4. The number of carbonyl (C=O) groups is 1. The third-order valence-corrected chi connectivity index (χ3v) is 3.64. The van der Waals surface area contributed by atoms with Crippen LogP contribution in [-0.4, -0.2) is 22.8 Å². The van der Waals surface area contributed by atoms with Crippen LogP contribution in [0.1, 0.15) is 40.5 Å². The summed E-state index contributed by atoms with van der Waals surface area (Å²) in [4.78, 5) is 11.1. The molecule has 0 aliphatic heterocycles. The summed E-state index contributed by atoms with van der Waals surface area (Å²) < 4.78 is 0. The molecule has 0 amide bonds. The predicted molar refractivity (Wildman–Crippen MR) is 51.5 cm³/mol. The highest BCUT2D eigenvalue weighted by Crippen LogP contribution is 2.44. The molecule has 2 atom stereocenters. The molecule has 0 bridgehead atoms. The van der Waals surface area contributed by atoms with E-state index in [4.69, 9.17) is 5.11 Å². The van der Waals surface area contributed by atoms with E-state index in [1.54, 1.807) is 6.92 Å². The molecule has 0 aromatic rings. The molecule has 0 rings (SSSR count). The lowest BCUT2D eigenvalue weighted by atomic mass is 9.63. The standard InChI is InChI=1S/C10H20O3/c1-5-9(3,7-11)10(4,6-2)8(12)13/h11H,5-7H2,1-4H3,(H,12,13). The fourth-order valence-corrected chi connectivity index (χ4v) is 1.51. The highest BCUT2D eigenvalue weighted by atomic mass is 16.4. The van der Waals surface area contributed by atoms with Crippen molar-refractivity contribution < 1.29 is 15.0 Å². The van der Waals surface area contributed by atoms with Gasteiger partial charge in [0.15, 0.2) is 0 Å². The summed E-state index contributed by atoms with van der Waals surface area (Å²) >= 11 is 0. The monoisotopic (exact) mass is 188 g/mol. The van der Waals surface area contributed by atoms with E-state index in [9.17, 15) is 9.90 Å². The lowest BCUT2D eigenvalue weighted by Gasteiger charge is -2.41. The number of aliphatic hydroxyl groups excluding tert-OH is 1. The second-order valence-electron chi connectivity index (χ2n) is 4.06. The van der Waals surface area contributed by atoms with Gasteiger partial charge in [0.25, 0.3) is 0 Å². The minimum atomic E-state index is -0.837. The zero-order chi connectivity index (χ0) is 10.7. The number of carboxylic acid groups (broad SMARTS) is 1. The van der Waals surface area contributed by atoms with Crippen LogP contribution < -0.4 is 0 Å². The van der Waals surface area contributed by atoms with E-state index in [-0.39, 0.29) is 6.61 Å². The van der Waals surface area contributed by atoms with Gasteiger partial charge in [-0.2, -0.15) is 0 Å². The highest BCUT2D eigenvalue weighted by Gasteiger charge is 2.47. The minimum absolute atomic E-state index is 0.0832. The smallest absolute Gasteiger partial charge is 0.309 e. The highest BCUT2D eigenvalue weighted by molar-refractivity contribution is 5.75. The molecule has 0 saturated heterocycles. The molecule has 0 spiro atoms. The molecule has 2 unspecified atom stereocenters. The molecule has 3 nitrogen and oxygen atoms in total. The van der Waals surface area contributed by atoms with Crippen molar-refractivity contribution in [2.75, 3.05) is 6.61 Å². The van der Waals surface area contributed by atoms with E-state index in [1.165, 1.54) is 0 Å². The summed E-state index contributed by atoms with van der Waals surface area (Å²) in [6.07, 6.45) is 1.20. The van der Waals surface area contributed by atoms with Crippen LogP contribution in [-0.2, 0) is 4.79 Å². The maximum atomic E-state index is 11.1. The Kier molecular flexibility index (Phi) is 3.91. The molecule has 78 valence electrons. The van der Waals surface area contributed by atoms with Crippen molar-refractivity contribution in [1.82, 2.24) is 0 Å². The summed E-state index contributed by atoms with van der Waals surface area (Å²) in [5.74, 6) is -0.826. The molecule has 0 fully saturated rings. The van der Waals surface area contributed by atoms with Crippen molar-refractivity contribution in [2.45, 2.75) is 40.5 Å². The van der Waals surface area contributed by atoms with Gasteiger partial charge in [-0.3, -0.25) is 4.79 Å². The lowest BCUT2D eigenvalue weighted by molar-refractivity contribution is -0.159. The minimum Gasteiger partial charge on any atom is -0.481 e. The van der Waals surface area contributed by atoms with Gasteiger partial charge in [-0.25, -0.2) is 0 Å². The fourth-order valence-electron chi connectivity index (χ4n) is 1.51. The van der Waals surface area contributed by atoms with Crippen LogP contribution in [0.2, 0.25) is 0 Å². The molecule has 0 saturated carbocycles. The molecule has 3 heteroatoms. The number of carboxylic acids is 1. The van der Waals surface area contributed by atoms with Gasteiger partial charge in [0.1, 0.15) is 0 Å². The molecule has 0 aliphatic carbocycles. The molecule has 13 heavy (non-hydrogen) atoms. The van der Waals surface area contributed by atoms with Gasteiger partial charge >= 0.3 is 5.97 Å². The van der Waals surface area contributed by atoms with Gasteiger partial charge in [0.2, 0.25) is 0 Å². The first kappa shape index (κ1) is 12.4. The Labute approximate surface area is 79.8 Å². The molecule has 2 N–H and O–H groups in total. The summed E-state index contributed by atoms with van der Waals surface area (Å²) in [7, 11) is 0. The zero-order valence-electron chi connectivity index (χ0n) is 8.92. The Morgan fingerprint density at radius 2 is 1.69 bits per heavy atom. The van der Waals surface area contributed by atoms with Crippen LogP contribution in [0.5, 0.6) is 0 Å². The van der Waals surface area contributed by atoms with Crippen LogP contribution in [0, 0.1) is 10.8 Å². The Bertz CT molecular complexity index is 185. The first-order valence-corrected chi connectivity index (χ1v) is 4.72. The van der Waals surface area contributed by atoms with Crippen molar-refractivity contribution >= 4 is 5.97 Å². The lowest BCUT2D eigenvalue weighted by Crippen LogP contribution is -2.45. The van der Waals surface area contributed by atoms with E-state index < -0.39 is 16.8 Å². The van der Waals surface area contributed by atoms with Crippen molar-refractivity contribution in [2.24, 2.45) is 10.8 Å². The second kappa shape index (κ2) is 4.09.